The molecule has 1 heterocycles. The number of allylic oxidation sites excluding steroid dienone is 2. The molecule has 1 aliphatic carbocycles. The molecule has 5 nitrogen and oxygen atoms in total. The zero-order chi connectivity index (χ0) is 22.2. The van der Waals surface area contributed by atoms with Crippen LogP contribution in [0.4, 0.5) is 0 Å². The molecule has 0 saturated carbocycles. The molecule has 1 atom stereocenters. The highest BCUT2D eigenvalue weighted by molar-refractivity contribution is 6.32. The highest BCUT2D eigenvalue weighted by Gasteiger charge is 2.39. The lowest BCUT2D eigenvalue weighted by molar-refractivity contribution is 0.103. The molecule has 0 aliphatic heterocycles. The molecule has 1 aromatic heterocycles. The number of aryl methyl sites for hydroxylation is 1. The Labute approximate surface area is 189 Å². The number of aromatic nitrogens is 2. The molecule has 1 aliphatic rings. The number of Topliss-reactive ketones (excluding diaryl/α,β-unsaturated/α-hetero) is 1. The van der Waals surface area contributed by atoms with E-state index in [0.29, 0.717) is 32.4 Å². The van der Waals surface area contributed by atoms with Crippen molar-refractivity contribution < 1.29 is 9.90 Å². The maximum Gasteiger partial charge on any atom is 0.194 e. The average molecular weight is 452 g/mol. The van der Waals surface area contributed by atoms with Gasteiger partial charge in [0.25, 0.3) is 0 Å². The summed E-state index contributed by atoms with van der Waals surface area (Å²) < 4.78 is 1.72. The number of benzene rings is 2. The lowest BCUT2D eigenvalue weighted by atomic mass is 9.78. The molecule has 0 fully saturated rings. The van der Waals surface area contributed by atoms with Crippen LogP contribution in [0.25, 0.3) is 0 Å². The molecular formula is C24H19Cl2N3O2. The summed E-state index contributed by atoms with van der Waals surface area (Å²) in [6.07, 6.45) is 6.74. The molecule has 3 aromatic rings. The van der Waals surface area contributed by atoms with E-state index in [9.17, 15) is 9.90 Å². The average Bonchev–Trinajstić information content (AvgIpc) is 3.20. The molecule has 2 N–H and O–H groups in total. The van der Waals surface area contributed by atoms with Crippen LogP contribution in [0.5, 0.6) is 0 Å². The summed E-state index contributed by atoms with van der Waals surface area (Å²) >= 11 is 12.1. The first kappa shape index (κ1) is 21.2. The quantitative estimate of drug-likeness (QED) is 0.528. The fourth-order valence-electron chi connectivity index (χ4n) is 3.72. The van der Waals surface area contributed by atoms with Crippen LogP contribution in [-0.2, 0) is 12.6 Å². The van der Waals surface area contributed by atoms with E-state index >= 15 is 0 Å². The van der Waals surface area contributed by atoms with Crippen molar-refractivity contribution in [2.45, 2.75) is 12.0 Å². The molecule has 156 valence electrons. The summed E-state index contributed by atoms with van der Waals surface area (Å²) in [6.45, 7) is 0. The van der Waals surface area contributed by atoms with E-state index in [1.54, 1.807) is 84.8 Å². The second-order valence-corrected chi connectivity index (χ2v) is 8.22. The molecule has 7 heteroatoms. The number of imidazole rings is 1. The summed E-state index contributed by atoms with van der Waals surface area (Å²) in [6, 6.07) is 13.5. The Morgan fingerprint density at radius 1 is 1.16 bits per heavy atom. The fraction of sp³-hybridized carbons (Fsp3) is 0.125. The van der Waals surface area contributed by atoms with Crippen LogP contribution >= 0.6 is 23.2 Å². The van der Waals surface area contributed by atoms with Gasteiger partial charge in [-0.3, -0.25) is 4.79 Å². The summed E-state index contributed by atoms with van der Waals surface area (Å²) in [5.41, 5.74) is 0.786. The van der Waals surface area contributed by atoms with Crippen molar-refractivity contribution in [3.05, 3.63) is 111 Å². The highest BCUT2D eigenvalue weighted by atomic mass is 35.5. The van der Waals surface area contributed by atoms with Gasteiger partial charge in [-0.15, -0.1) is 0 Å². The van der Waals surface area contributed by atoms with E-state index in [0.717, 1.165) is 0 Å². The second kappa shape index (κ2) is 8.27. The minimum Gasteiger partial charge on any atom is -0.374 e. The Bertz CT molecular complexity index is 1240. The van der Waals surface area contributed by atoms with Gasteiger partial charge in [0.2, 0.25) is 0 Å². The third kappa shape index (κ3) is 3.88. The lowest BCUT2D eigenvalue weighted by Crippen LogP contribution is -2.33. The van der Waals surface area contributed by atoms with Gasteiger partial charge in [-0.2, -0.15) is 0 Å². The van der Waals surface area contributed by atoms with Gasteiger partial charge in [-0.05, 0) is 41.5 Å². The molecule has 2 aromatic carbocycles. The van der Waals surface area contributed by atoms with Crippen LogP contribution in [0.3, 0.4) is 0 Å². The smallest absolute Gasteiger partial charge is 0.194 e. The Morgan fingerprint density at radius 2 is 1.90 bits per heavy atom. The summed E-state index contributed by atoms with van der Waals surface area (Å²) in [5.74, 6) is -0.318. The summed E-state index contributed by atoms with van der Waals surface area (Å²) in [7, 11) is 1.79. The van der Waals surface area contributed by atoms with Crippen molar-refractivity contribution in [3.8, 4) is 0 Å². The van der Waals surface area contributed by atoms with Gasteiger partial charge in [-0.25, -0.2) is 4.98 Å². The molecule has 0 spiro atoms. The zero-order valence-corrected chi connectivity index (χ0v) is 18.2. The van der Waals surface area contributed by atoms with Gasteiger partial charge < -0.3 is 15.1 Å². The minimum atomic E-state index is -1.59. The minimum absolute atomic E-state index is 0.178. The number of aliphatic hydroxyl groups is 1. The molecule has 0 saturated heterocycles. The number of carbonyl (C=O) groups excluding carboxylic acids is 1. The standard InChI is InChI=1S/C24H19Cl2N3O2/c1-29-14-28-13-22(29)24(31,16-5-8-18(25)9-6-16)17-7-10-21(27)20(12-17)23(30)15-3-2-4-19(26)11-15/h2-9,11-14,27,31H,10H2,1H3. The molecule has 0 bridgehead atoms. The van der Waals surface area contributed by atoms with Gasteiger partial charge in [0.1, 0.15) is 0 Å². The van der Waals surface area contributed by atoms with E-state index in [-0.39, 0.29) is 23.5 Å². The number of hydrogen-bond donors (Lipinski definition) is 2. The number of nitrogens with one attached hydrogen (secondary N) is 1. The number of nitrogens with zero attached hydrogens (tertiary/aromatic N) is 2. The molecule has 0 amide bonds. The molecule has 4 rings (SSSR count). The maximum absolute atomic E-state index is 13.2. The Kier molecular flexibility index (Phi) is 5.67. The van der Waals surface area contributed by atoms with Gasteiger partial charge in [0.15, 0.2) is 11.4 Å². The first-order valence-electron chi connectivity index (χ1n) is 9.56. The second-order valence-electron chi connectivity index (χ2n) is 7.35. The topological polar surface area (TPSA) is 79.0 Å². The predicted molar refractivity (Wildman–Crippen MR) is 122 cm³/mol. The Balaban J connectivity index is 1.86. The third-order valence-corrected chi connectivity index (χ3v) is 5.84. The molecule has 0 radical (unpaired) electrons. The van der Waals surface area contributed by atoms with Crippen molar-refractivity contribution in [1.29, 1.82) is 5.41 Å². The van der Waals surface area contributed by atoms with Crippen LogP contribution < -0.4 is 0 Å². The summed E-state index contributed by atoms with van der Waals surface area (Å²) in [4.78, 5) is 17.3. The van der Waals surface area contributed by atoms with Gasteiger partial charge in [0.05, 0.1) is 18.2 Å². The monoisotopic (exact) mass is 451 g/mol. The molecule has 31 heavy (non-hydrogen) atoms. The van der Waals surface area contributed by atoms with Crippen LogP contribution in [0.1, 0.15) is 28.0 Å². The van der Waals surface area contributed by atoms with E-state index in [2.05, 4.69) is 4.98 Å². The number of halogens is 2. The van der Waals surface area contributed by atoms with Crippen molar-refractivity contribution >= 4 is 34.7 Å². The number of hydrogen-bond acceptors (Lipinski definition) is 4. The van der Waals surface area contributed by atoms with Crippen molar-refractivity contribution in [1.82, 2.24) is 9.55 Å². The lowest BCUT2D eigenvalue weighted by Gasteiger charge is -2.32. The number of carbonyl (C=O) groups is 1. The number of ketones is 1. The van der Waals surface area contributed by atoms with Gasteiger partial charge in [-0.1, -0.05) is 53.5 Å². The SMILES string of the molecule is Cn1cncc1C(O)(C1=CCC(=N)C(C(=O)c2cccc(Cl)c2)=C1)c1ccc(Cl)cc1. The number of rotatable bonds is 5. The maximum atomic E-state index is 13.2. The van der Waals surface area contributed by atoms with Crippen LogP contribution in [-0.4, -0.2) is 26.2 Å². The third-order valence-electron chi connectivity index (χ3n) is 5.35. The van der Waals surface area contributed by atoms with E-state index < -0.39 is 5.60 Å². The first-order chi connectivity index (χ1) is 14.8. The van der Waals surface area contributed by atoms with Crippen molar-refractivity contribution in [2.24, 2.45) is 7.05 Å². The van der Waals surface area contributed by atoms with E-state index in [1.165, 1.54) is 0 Å². The van der Waals surface area contributed by atoms with Crippen molar-refractivity contribution in [3.63, 3.8) is 0 Å². The van der Waals surface area contributed by atoms with E-state index in [1.807, 2.05) is 0 Å². The van der Waals surface area contributed by atoms with E-state index in [4.69, 9.17) is 28.6 Å². The van der Waals surface area contributed by atoms with Crippen LogP contribution in [0.15, 0.2) is 84.4 Å². The normalized spacial score (nSPS) is 15.8. The molecule has 1 unspecified atom stereocenters. The van der Waals surface area contributed by atoms with Gasteiger partial charge >= 0.3 is 0 Å². The Hall–Kier alpha value is -2.99. The largest absolute Gasteiger partial charge is 0.374 e. The van der Waals surface area contributed by atoms with Gasteiger partial charge in [0, 0.05) is 40.4 Å². The van der Waals surface area contributed by atoms with Crippen molar-refractivity contribution in [2.75, 3.05) is 0 Å². The summed E-state index contributed by atoms with van der Waals surface area (Å²) in [5, 5.41) is 21.3. The Morgan fingerprint density at radius 3 is 2.55 bits per heavy atom. The van der Waals surface area contributed by atoms with Crippen LogP contribution in [0.2, 0.25) is 10.0 Å². The molecular weight excluding hydrogens is 433 g/mol. The predicted octanol–water partition coefficient (Wildman–Crippen LogP) is 5.12. The van der Waals surface area contributed by atoms with Crippen LogP contribution in [0, 0.1) is 5.41 Å². The highest BCUT2D eigenvalue weighted by Crippen LogP contribution is 2.40. The fourth-order valence-corrected chi connectivity index (χ4v) is 4.04. The first-order valence-corrected chi connectivity index (χ1v) is 10.3. The zero-order valence-electron chi connectivity index (χ0n) is 16.6.